The molecule has 0 aliphatic carbocycles. The predicted octanol–water partition coefficient (Wildman–Crippen LogP) is 1.23. The Morgan fingerprint density at radius 3 is 2.45 bits per heavy atom. The lowest BCUT2D eigenvalue weighted by molar-refractivity contribution is 0.326. The first-order valence-corrected chi connectivity index (χ1v) is 5.52. The van der Waals surface area contributed by atoms with Crippen LogP contribution in [0.15, 0.2) is 0 Å². The topological polar surface area (TPSA) is 50.1 Å². The Morgan fingerprint density at radius 2 is 2.09 bits per heavy atom. The Balaban J connectivity index is 0. The van der Waals surface area contributed by atoms with Crippen LogP contribution in [0.4, 0.5) is 0 Å². The summed E-state index contributed by atoms with van der Waals surface area (Å²) >= 11 is 0. The van der Waals surface area contributed by atoms with Gasteiger partial charge in [0.2, 0.25) is 6.08 Å². The molecule has 0 fully saturated rings. The van der Waals surface area contributed by atoms with Crippen molar-refractivity contribution in [3.8, 4) is 0 Å². The van der Waals surface area contributed by atoms with Crippen molar-refractivity contribution in [3.63, 3.8) is 0 Å². The largest absolute Gasteiger partial charge is 0.424 e. The molecule has 0 unspecified atom stereocenters. The van der Waals surface area contributed by atoms with E-state index in [9.17, 15) is 0 Å². The number of carbonyl (C=O) groups excluding carboxylic acids is 1. The molecule has 4 heteroatoms. The van der Waals surface area contributed by atoms with Crippen LogP contribution in [0, 0.1) is 5.41 Å². The van der Waals surface area contributed by atoms with Gasteiger partial charge in [-0.2, -0.15) is 0 Å². The third kappa shape index (κ3) is 26.3. The van der Waals surface area contributed by atoms with Crippen LogP contribution in [0.1, 0.15) is 26.7 Å². The molecule has 0 radical (unpaired) electrons. The van der Waals surface area contributed by atoms with Crippen LogP contribution in [0.2, 0.25) is 6.04 Å². The molecule has 11 heavy (non-hydrogen) atoms. The average Bonchev–Trinajstić information content (AvgIpc) is 2.00. The maximum atomic E-state index is 8.35. The summed E-state index contributed by atoms with van der Waals surface area (Å²) in [7, 11) is -0.0986. The highest BCUT2D eigenvalue weighted by Gasteiger charge is 1.82. The predicted molar refractivity (Wildman–Crippen MR) is 48.3 cm³/mol. The second-order valence-electron chi connectivity index (χ2n) is 2.07. The van der Waals surface area contributed by atoms with Crippen molar-refractivity contribution >= 4 is 15.8 Å². The smallest absolute Gasteiger partial charge is 0.231 e. The molecule has 0 saturated heterocycles. The zero-order chi connectivity index (χ0) is 8.95. The highest BCUT2D eigenvalue weighted by atomic mass is 28.2. The summed E-state index contributed by atoms with van der Waals surface area (Å²) in [6, 6.07) is 1.28. The van der Waals surface area contributed by atoms with E-state index in [0.29, 0.717) is 0 Å². The highest BCUT2D eigenvalue weighted by molar-refractivity contribution is 6.26. The molecule has 0 aromatic rings. The van der Waals surface area contributed by atoms with Crippen molar-refractivity contribution in [2.75, 3.05) is 6.61 Å². The Labute approximate surface area is 70.6 Å². The minimum absolute atomic E-state index is 0.0986. The molecule has 0 atom stereocenters. The minimum Gasteiger partial charge on any atom is -0.424 e. The van der Waals surface area contributed by atoms with E-state index in [4.69, 9.17) is 14.6 Å². The molecule has 0 rings (SSSR count). The molecule has 0 heterocycles. The summed E-state index contributed by atoms with van der Waals surface area (Å²) in [5.41, 5.74) is 0. The van der Waals surface area contributed by atoms with Gasteiger partial charge in [-0.05, 0) is 12.5 Å². The number of isocyanates is 1. The Bertz CT molecular complexity index is 86.4. The normalized spacial score (nSPS) is 8.91. The van der Waals surface area contributed by atoms with Gasteiger partial charge in [0.1, 0.15) is 0 Å². The quantitative estimate of drug-likeness (QED) is 0.296. The van der Waals surface area contributed by atoms with Crippen molar-refractivity contribution < 1.29 is 9.22 Å². The maximum absolute atomic E-state index is 8.35. The van der Waals surface area contributed by atoms with Gasteiger partial charge in [-0.15, -0.1) is 0 Å². The van der Waals surface area contributed by atoms with Crippen LogP contribution in [-0.4, -0.2) is 22.4 Å². The van der Waals surface area contributed by atoms with Gasteiger partial charge in [0.05, 0.1) is 0 Å². The van der Waals surface area contributed by atoms with Gasteiger partial charge in [0, 0.05) is 6.61 Å². The third-order valence-corrected chi connectivity index (χ3v) is 1.98. The molecular weight excluding hydrogens is 158 g/mol. The van der Waals surface area contributed by atoms with Crippen LogP contribution in [0.3, 0.4) is 0 Å². The Kier molecular flexibility index (Phi) is 19.5. The second-order valence-corrected chi connectivity index (χ2v) is 3.88. The average molecular weight is 175 g/mol. The van der Waals surface area contributed by atoms with E-state index in [1.807, 2.05) is 0 Å². The first-order valence-electron chi connectivity index (χ1n) is 3.95. The fourth-order valence-corrected chi connectivity index (χ4v) is 1.19. The van der Waals surface area contributed by atoms with Gasteiger partial charge >= 0.3 is 0 Å². The summed E-state index contributed by atoms with van der Waals surface area (Å²) in [6.07, 6.45) is 3.26. The van der Waals surface area contributed by atoms with E-state index < -0.39 is 0 Å². The highest BCUT2D eigenvalue weighted by Crippen LogP contribution is 1.86. The third-order valence-electron chi connectivity index (χ3n) is 0.991. The second kappa shape index (κ2) is 16.3. The molecule has 0 aromatic heterocycles. The minimum atomic E-state index is -0.0986. The summed E-state index contributed by atoms with van der Waals surface area (Å²) in [5, 5.41) is 5.40. The Morgan fingerprint density at radius 1 is 1.55 bits per heavy atom. The van der Waals surface area contributed by atoms with E-state index in [2.05, 4.69) is 13.8 Å². The molecule has 1 N–H and O–H groups in total. The van der Waals surface area contributed by atoms with Crippen molar-refractivity contribution in [3.05, 3.63) is 0 Å². The number of hydrogen-bond acceptors (Lipinski definition) is 3. The van der Waals surface area contributed by atoms with E-state index in [1.165, 1.54) is 18.9 Å². The molecule has 0 bridgehead atoms. The fourth-order valence-electron chi connectivity index (χ4n) is 0.493. The lowest BCUT2D eigenvalue weighted by Gasteiger charge is -1.97. The van der Waals surface area contributed by atoms with Gasteiger partial charge < -0.3 is 4.43 Å². The van der Waals surface area contributed by atoms with E-state index in [-0.39, 0.29) is 9.76 Å². The molecule has 66 valence electrons. The molecule has 0 amide bonds. The van der Waals surface area contributed by atoms with Gasteiger partial charge in [0.15, 0.2) is 9.76 Å². The van der Waals surface area contributed by atoms with Crippen molar-refractivity contribution in [2.24, 2.45) is 0 Å². The van der Waals surface area contributed by atoms with Gasteiger partial charge in [-0.1, -0.05) is 20.3 Å². The molecule has 3 nitrogen and oxygen atoms in total. The monoisotopic (exact) mass is 175 g/mol. The zero-order valence-electron chi connectivity index (χ0n) is 7.35. The van der Waals surface area contributed by atoms with Gasteiger partial charge in [-0.25, -0.2) is 10.2 Å². The number of rotatable bonds is 5. The van der Waals surface area contributed by atoms with Crippen LogP contribution in [0.25, 0.3) is 0 Å². The maximum Gasteiger partial charge on any atom is 0.231 e. The fraction of sp³-hybridized carbons (Fsp3) is 0.857. The van der Waals surface area contributed by atoms with Crippen LogP contribution in [0.5, 0.6) is 0 Å². The van der Waals surface area contributed by atoms with Crippen LogP contribution < -0.4 is 0 Å². The van der Waals surface area contributed by atoms with E-state index >= 15 is 0 Å². The molecule has 0 aliphatic heterocycles. The van der Waals surface area contributed by atoms with E-state index in [1.54, 1.807) is 0 Å². The van der Waals surface area contributed by atoms with E-state index in [0.717, 1.165) is 12.7 Å². The summed E-state index contributed by atoms with van der Waals surface area (Å²) in [4.78, 5) is 8.35. The SMILES string of the molecule is CCCCO[SiH2]CC.N=C=O. The Hall–Kier alpha value is -0.443. The first kappa shape index (κ1) is 13.2. The number of unbranched alkanes of at least 4 members (excludes halogenated alkanes) is 1. The van der Waals surface area contributed by atoms with Gasteiger partial charge in [-0.3, -0.25) is 0 Å². The number of hydrogen-bond donors (Lipinski definition) is 1. The molecule has 0 saturated carbocycles. The zero-order valence-corrected chi connectivity index (χ0v) is 8.77. The molecule has 0 aromatic carbocycles. The van der Waals surface area contributed by atoms with Gasteiger partial charge in [0.25, 0.3) is 0 Å². The lowest BCUT2D eigenvalue weighted by atomic mass is 10.4. The number of nitrogens with one attached hydrogen (secondary N) is 1. The van der Waals surface area contributed by atoms with Crippen molar-refractivity contribution in [2.45, 2.75) is 32.7 Å². The summed E-state index contributed by atoms with van der Waals surface area (Å²) in [6.45, 7) is 5.39. The molecule has 0 spiro atoms. The van der Waals surface area contributed by atoms with Crippen LogP contribution in [-0.2, 0) is 9.22 Å². The molecular formula is C7H17NO2Si. The summed E-state index contributed by atoms with van der Waals surface area (Å²) in [5.74, 6) is 0. The standard InChI is InChI=1S/C6H16OSi.CHNO/c1-3-5-6-7-8-4-2;2-1-3/h3-6,8H2,1-2H3;2H. The summed E-state index contributed by atoms with van der Waals surface area (Å²) < 4.78 is 5.36. The first-order chi connectivity index (χ1) is 5.33. The van der Waals surface area contributed by atoms with Crippen molar-refractivity contribution in [1.82, 2.24) is 0 Å². The lowest BCUT2D eigenvalue weighted by Crippen LogP contribution is -1.97. The van der Waals surface area contributed by atoms with Crippen LogP contribution >= 0.6 is 0 Å². The molecule has 0 aliphatic rings. The van der Waals surface area contributed by atoms with Crippen molar-refractivity contribution in [1.29, 1.82) is 5.41 Å².